The summed E-state index contributed by atoms with van der Waals surface area (Å²) in [6.45, 7) is 3.97. The Morgan fingerprint density at radius 3 is 2.41 bits per heavy atom. The zero-order valence-corrected chi connectivity index (χ0v) is 27.2. The molecule has 4 aromatic rings. The Labute approximate surface area is 271 Å². The number of hydrogen-bond acceptors (Lipinski definition) is 8. The van der Waals surface area contributed by atoms with Gasteiger partial charge in [-0.05, 0) is 108 Å². The van der Waals surface area contributed by atoms with Crippen LogP contribution in [0.3, 0.4) is 0 Å². The van der Waals surface area contributed by atoms with Gasteiger partial charge in [0.1, 0.15) is 0 Å². The van der Waals surface area contributed by atoms with E-state index in [4.69, 9.17) is 16.5 Å². The molecule has 11 nitrogen and oxygen atoms in total. The van der Waals surface area contributed by atoms with Gasteiger partial charge in [-0.3, -0.25) is 10.1 Å². The minimum atomic E-state index is -3.46. The van der Waals surface area contributed by atoms with E-state index < -0.39 is 27.9 Å². The second-order valence-electron chi connectivity index (χ2n) is 11.5. The van der Waals surface area contributed by atoms with Crippen LogP contribution in [-0.4, -0.2) is 53.9 Å². The van der Waals surface area contributed by atoms with Crippen LogP contribution in [0.15, 0.2) is 70.5 Å². The van der Waals surface area contributed by atoms with E-state index in [-0.39, 0.29) is 28.9 Å². The van der Waals surface area contributed by atoms with Gasteiger partial charge in [0.15, 0.2) is 15.9 Å². The van der Waals surface area contributed by atoms with Gasteiger partial charge < -0.3 is 20.1 Å². The van der Waals surface area contributed by atoms with Gasteiger partial charge in [0.25, 0.3) is 5.56 Å². The molecular weight excluding hydrogens is 632 g/mol. The molecule has 1 amide bonds. The van der Waals surface area contributed by atoms with E-state index in [1.165, 1.54) is 16.6 Å². The molecule has 0 spiro atoms. The molecule has 0 aliphatic heterocycles. The average Bonchev–Trinajstić information content (AvgIpc) is 3.84. The molecule has 0 bridgehead atoms. The van der Waals surface area contributed by atoms with Gasteiger partial charge in [-0.15, -0.1) is 0 Å². The molecule has 5 rings (SSSR count). The van der Waals surface area contributed by atoms with Crippen molar-refractivity contribution in [3.8, 4) is 0 Å². The summed E-state index contributed by atoms with van der Waals surface area (Å²) in [6, 6.07) is 14.0. The fraction of sp³-hybridized carbons (Fsp3) is 0.303. The van der Waals surface area contributed by atoms with Crippen molar-refractivity contribution in [3.63, 3.8) is 0 Å². The van der Waals surface area contributed by atoms with Gasteiger partial charge in [0.05, 0.1) is 16.8 Å². The van der Waals surface area contributed by atoms with Crippen LogP contribution in [0.25, 0.3) is 10.8 Å². The standard InChI is InChI=1S/C33H35ClN4O7S/c1-19-14-22(30(32(40)41)36-25-5-4-21-10-12-35-31(39)28(21)17-25)15-20(2)27(19)11-13-45-33(42)37-24-6-9-29(23(16-24)18-38(3)34)46(43,44)26-7-8-26/h4-6,9-10,12,14-17,26,30,36H,7-8,11,13,18H2,1-3H3,(H,35,39)(H,37,42)(H,40,41). The highest BCUT2D eigenvalue weighted by molar-refractivity contribution is 7.92. The van der Waals surface area contributed by atoms with E-state index in [2.05, 4.69) is 15.6 Å². The third kappa shape index (κ3) is 7.52. The van der Waals surface area contributed by atoms with Gasteiger partial charge in [0, 0.05) is 43.0 Å². The highest BCUT2D eigenvalue weighted by atomic mass is 35.5. The van der Waals surface area contributed by atoms with Crippen LogP contribution in [-0.2, 0) is 32.3 Å². The first-order valence-corrected chi connectivity index (χ1v) is 16.6. The first-order valence-electron chi connectivity index (χ1n) is 14.7. The topological polar surface area (TPSA) is 158 Å². The van der Waals surface area contributed by atoms with Crippen LogP contribution in [0.2, 0.25) is 0 Å². The first-order chi connectivity index (χ1) is 21.8. The zero-order chi connectivity index (χ0) is 33.2. The van der Waals surface area contributed by atoms with Gasteiger partial charge in [0.2, 0.25) is 0 Å². The number of aromatic nitrogens is 1. The summed E-state index contributed by atoms with van der Waals surface area (Å²) in [7, 11) is -1.84. The minimum absolute atomic E-state index is 0.0600. The third-order valence-corrected chi connectivity index (χ3v) is 10.4. The van der Waals surface area contributed by atoms with Gasteiger partial charge in [-0.1, -0.05) is 18.2 Å². The average molecular weight is 667 g/mol. The molecule has 0 radical (unpaired) electrons. The molecule has 46 heavy (non-hydrogen) atoms. The molecule has 1 unspecified atom stereocenters. The number of benzene rings is 3. The van der Waals surface area contributed by atoms with E-state index in [9.17, 15) is 27.9 Å². The number of hydrogen-bond donors (Lipinski definition) is 4. The smallest absolute Gasteiger partial charge is 0.411 e. The number of H-pyrrole nitrogens is 1. The number of pyridine rings is 1. The molecule has 13 heteroatoms. The van der Waals surface area contributed by atoms with E-state index in [0.717, 1.165) is 22.1 Å². The fourth-order valence-corrected chi connectivity index (χ4v) is 7.56. The lowest BCUT2D eigenvalue weighted by Crippen LogP contribution is -2.21. The molecule has 242 valence electrons. The largest absolute Gasteiger partial charge is 0.479 e. The Morgan fingerprint density at radius 1 is 1.07 bits per heavy atom. The molecule has 1 fully saturated rings. The van der Waals surface area contributed by atoms with E-state index in [1.807, 2.05) is 13.8 Å². The van der Waals surface area contributed by atoms with Crippen LogP contribution in [0.5, 0.6) is 0 Å². The number of halogens is 1. The number of ether oxygens (including phenoxy) is 1. The first kappa shape index (κ1) is 33.0. The van der Waals surface area contributed by atoms with Crippen molar-refractivity contribution in [1.82, 2.24) is 9.40 Å². The summed E-state index contributed by atoms with van der Waals surface area (Å²) >= 11 is 6.03. The number of carbonyl (C=O) groups excluding carboxylic acids is 1. The van der Waals surface area contributed by atoms with Crippen LogP contribution in [0.4, 0.5) is 16.2 Å². The Morgan fingerprint density at radius 2 is 1.76 bits per heavy atom. The fourth-order valence-electron chi connectivity index (χ4n) is 5.57. The molecule has 1 atom stereocenters. The highest BCUT2D eigenvalue weighted by Crippen LogP contribution is 2.36. The maximum Gasteiger partial charge on any atom is 0.411 e. The number of aromatic amines is 1. The Bertz CT molecular complexity index is 1950. The summed E-state index contributed by atoms with van der Waals surface area (Å²) in [6.07, 6.45) is 2.53. The number of aliphatic carboxylic acids is 1. The lowest BCUT2D eigenvalue weighted by atomic mass is 9.94. The van der Waals surface area contributed by atoms with Crippen molar-refractivity contribution in [2.24, 2.45) is 0 Å². The van der Waals surface area contributed by atoms with Crippen LogP contribution < -0.4 is 16.2 Å². The van der Waals surface area contributed by atoms with Crippen LogP contribution in [0.1, 0.15) is 46.7 Å². The van der Waals surface area contributed by atoms with Crippen molar-refractivity contribution >= 4 is 55.8 Å². The second kappa shape index (κ2) is 13.5. The van der Waals surface area contributed by atoms with Crippen LogP contribution >= 0.6 is 11.8 Å². The number of rotatable bonds is 12. The van der Waals surface area contributed by atoms with Gasteiger partial charge >= 0.3 is 12.1 Å². The van der Waals surface area contributed by atoms with E-state index >= 15 is 0 Å². The molecule has 0 saturated heterocycles. The molecular formula is C33H35ClN4O7S. The minimum Gasteiger partial charge on any atom is -0.479 e. The molecule has 1 aliphatic carbocycles. The number of sulfone groups is 1. The number of anilines is 2. The van der Waals surface area contributed by atoms with Crippen molar-refractivity contribution < 1.29 is 27.9 Å². The maximum atomic E-state index is 12.9. The lowest BCUT2D eigenvalue weighted by molar-refractivity contribution is -0.138. The summed E-state index contributed by atoms with van der Waals surface area (Å²) < 4.78 is 32.5. The van der Waals surface area contributed by atoms with Crippen molar-refractivity contribution in [2.75, 3.05) is 24.3 Å². The predicted molar refractivity (Wildman–Crippen MR) is 177 cm³/mol. The number of carboxylic acids is 1. The van der Waals surface area contributed by atoms with Crippen molar-refractivity contribution in [3.05, 3.63) is 99.0 Å². The SMILES string of the molecule is Cc1cc(C(Nc2ccc3cc[nH]c(=O)c3c2)C(=O)O)cc(C)c1CCOC(=O)Nc1ccc(S(=O)(=O)C2CC2)c(CN(C)Cl)c1. The number of nitrogens with zero attached hydrogens (tertiary/aromatic N) is 1. The number of fused-ring (bicyclic) bond motifs is 1. The van der Waals surface area contributed by atoms with Crippen molar-refractivity contribution in [2.45, 2.75) is 55.8 Å². The Kier molecular flexibility index (Phi) is 9.71. The number of nitrogens with one attached hydrogen (secondary N) is 3. The zero-order valence-electron chi connectivity index (χ0n) is 25.6. The maximum absolute atomic E-state index is 12.9. The summed E-state index contributed by atoms with van der Waals surface area (Å²) in [5.74, 6) is -1.08. The lowest BCUT2D eigenvalue weighted by Gasteiger charge is -2.20. The molecule has 3 aromatic carbocycles. The normalized spacial score (nSPS) is 13.8. The molecule has 4 N–H and O–H groups in total. The molecule has 1 heterocycles. The molecule has 1 saturated carbocycles. The number of carbonyl (C=O) groups is 2. The summed E-state index contributed by atoms with van der Waals surface area (Å²) in [5.41, 5.74) is 4.23. The van der Waals surface area contributed by atoms with Gasteiger partial charge in [-0.25, -0.2) is 22.4 Å². The Balaban J connectivity index is 1.24. The third-order valence-electron chi connectivity index (χ3n) is 7.93. The van der Waals surface area contributed by atoms with Crippen molar-refractivity contribution in [1.29, 1.82) is 0 Å². The highest BCUT2D eigenvalue weighted by Gasteiger charge is 2.38. The summed E-state index contributed by atoms with van der Waals surface area (Å²) in [4.78, 5) is 40.0. The summed E-state index contributed by atoms with van der Waals surface area (Å²) in [5, 5.41) is 16.5. The molecule has 1 aliphatic rings. The quantitative estimate of drug-likeness (QED) is 0.139. The Hall–Kier alpha value is -4.39. The second-order valence-corrected chi connectivity index (χ2v) is 14.3. The van der Waals surface area contributed by atoms with E-state index in [1.54, 1.807) is 55.7 Å². The van der Waals surface area contributed by atoms with Crippen LogP contribution in [0, 0.1) is 13.8 Å². The van der Waals surface area contributed by atoms with Gasteiger partial charge in [-0.2, -0.15) is 0 Å². The monoisotopic (exact) mass is 666 g/mol. The predicted octanol–water partition coefficient (Wildman–Crippen LogP) is 5.70. The van der Waals surface area contributed by atoms with E-state index in [0.29, 0.717) is 47.2 Å². The number of carboxylic acid groups (broad SMARTS) is 1. The molecule has 1 aromatic heterocycles. The number of amides is 1. The number of aryl methyl sites for hydroxylation is 2.